The van der Waals surface area contributed by atoms with Gasteiger partial charge in [-0.2, -0.15) is 13.2 Å². The van der Waals surface area contributed by atoms with E-state index >= 15 is 0 Å². The summed E-state index contributed by atoms with van der Waals surface area (Å²) < 4.78 is 52.2. The van der Waals surface area contributed by atoms with Crippen molar-refractivity contribution >= 4 is 5.91 Å². The van der Waals surface area contributed by atoms with Crippen molar-refractivity contribution in [2.45, 2.75) is 38.6 Å². The van der Waals surface area contributed by atoms with E-state index in [1.807, 2.05) is 32.0 Å². The van der Waals surface area contributed by atoms with Gasteiger partial charge in [0.2, 0.25) is 0 Å². The summed E-state index contributed by atoms with van der Waals surface area (Å²) in [6.07, 6.45) is -4.94. The average Bonchev–Trinajstić information content (AvgIpc) is 2.62. The van der Waals surface area contributed by atoms with Gasteiger partial charge in [-0.05, 0) is 31.9 Å². The second kappa shape index (κ2) is 8.65. The maximum atomic E-state index is 13.9. The molecule has 0 aliphatic carbocycles. The van der Waals surface area contributed by atoms with E-state index in [0.717, 1.165) is 18.2 Å². The van der Waals surface area contributed by atoms with Crippen molar-refractivity contribution < 1.29 is 27.4 Å². The van der Waals surface area contributed by atoms with E-state index in [2.05, 4.69) is 5.32 Å². The van der Waals surface area contributed by atoms with Gasteiger partial charge in [-0.1, -0.05) is 48.5 Å². The van der Waals surface area contributed by atoms with Crippen molar-refractivity contribution in [3.8, 4) is 5.75 Å². The molecule has 0 saturated heterocycles. The first kappa shape index (κ1) is 21.8. The van der Waals surface area contributed by atoms with Crippen LogP contribution < -0.4 is 10.1 Å². The van der Waals surface area contributed by atoms with Crippen LogP contribution in [0.3, 0.4) is 0 Å². The van der Waals surface area contributed by atoms with Gasteiger partial charge in [-0.3, -0.25) is 4.79 Å². The Bertz CT molecular complexity index is 788. The third-order valence-corrected chi connectivity index (χ3v) is 4.47. The van der Waals surface area contributed by atoms with Crippen molar-refractivity contribution in [3.05, 3.63) is 65.2 Å². The summed E-state index contributed by atoms with van der Waals surface area (Å²) >= 11 is 0. The highest BCUT2D eigenvalue weighted by molar-refractivity contribution is 5.88. The first-order chi connectivity index (χ1) is 13.1. The summed E-state index contributed by atoms with van der Waals surface area (Å²) in [5, 5.41) is 2.38. The molecule has 0 radical (unpaired) electrons. The number of benzene rings is 2. The predicted octanol–water partition coefficient (Wildman–Crippen LogP) is 4.29. The fraction of sp³-hybridized carbons (Fsp3) is 0.381. The Balaban J connectivity index is 2.19. The van der Waals surface area contributed by atoms with Crippen molar-refractivity contribution in [3.63, 3.8) is 0 Å². The molecule has 2 atom stereocenters. The number of carbonyl (C=O) groups excluding carboxylic acids is 1. The highest BCUT2D eigenvalue weighted by Crippen LogP contribution is 2.42. The maximum Gasteiger partial charge on any atom is 0.430 e. The summed E-state index contributed by atoms with van der Waals surface area (Å²) in [5.74, 6) is -0.633. The number of hydrogen-bond donors (Lipinski definition) is 1. The Labute approximate surface area is 162 Å². The number of halogens is 3. The Kier molecular flexibility index (Phi) is 6.72. The lowest BCUT2D eigenvalue weighted by atomic mass is 9.91. The van der Waals surface area contributed by atoms with Crippen LogP contribution in [0.15, 0.2) is 48.5 Å². The topological polar surface area (TPSA) is 47.6 Å². The Morgan fingerprint density at radius 2 is 1.61 bits per heavy atom. The molecule has 0 bridgehead atoms. The third-order valence-electron chi connectivity index (χ3n) is 4.47. The lowest BCUT2D eigenvalue weighted by Gasteiger charge is -2.34. The largest absolute Gasteiger partial charge is 0.491 e. The molecule has 7 heteroatoms. The quantitative estimate of drug-likeness (QED) is 0.761. The highest BCUT2D eigenvalue weighted by atomic mass is 19.4. The van der Waals surface area contributed by atoms with E-state index in [4.69, 9.17) is 9.47 Å². The van der Waals surface area contributed by atoms with E-state index in [1.54, 1.807) is 13.0 Å². The summed E-state index contributed by atoms with van der Waals surface area (Å²) in [6.45, 7) is 5.35. The van der Waals surface area contributed by atoms with Crippen molar-refractivity contribution in [2.24, 2.45) is 0 Å². The van der Waals surface area contributed by atoms with E-state index in [0.29, 0.717) is 5.75 Å². The van der Waals surface area contributed by atoms with Gasteiger partial charge in [0.1, 0.15) is 12.4 Å². The summed E-state index contributed by atoms with van der Waals surface area (Å²) in [6, 6.07) is 11.8. The summed E-state index contributed by atoms with van der Waals surface area (Å²) in [5.41, 5.74) is -1.57. The van der Waals surface area contributed by atoms with E-state index in [1.165, 1.54) is 24.3 Å². The number of alkyl halides is 3. The molecule has 2 aromatic carbocycles. The van der Waals surface area contributed by atoms with E-state index in [9.17, 15) is 18.0 Å². The molecule has 0 aliphatic heterocycles. The van der Waals surface area contributed by atoms with Crippen LogP contribution in [0.1, 0.15) is 23.6 Å². The number of carbonyl (C=O) groups is 1. The molecule has 2 aromatic rings. The number of rotatable bonds is 7. The number of amides is 1. The fourth-order valence-corrected chi connectivity index (χ4v) is 3.02. The van der Waals surface area contributed by atoms with Gasteiger partial charge in [-0.15, -0.1) is 0 Å². The SMILES string of the molecule is CO[C@@](C(=O)N[C@@H](C)COc1c(C)cccc1C)(c1ccccc1)C(F)(F)F. The second-order valence-electron chi connectivity index (χ2n) is 6.66. The normalized spacial score (nSPS) is 14.8. The van der Waals surface area contributed by atoms with Gasteiger partial charge >= 0.3 is 6.18 Å². The Morgan fingerprint density at radius 1 is 1.04 bits per heavy atom. The molecular weight excluding hydrogens is 371 g/mol. The third kappa shape index (κ3) is 4.30. The molecule has 0 unspecified atom stereocenters. The highest BCUT2D eigenvalue weighted by Gasteiger charge is 2.62. The minimum absolute atomic E-state index is 0.0177. The van der Waals surface area contributed by atoms with Crippen molar-refractivity contribution in [1.82, 2.24) is 5.32 Å². The number of nitrogens with one attached hydrogen (secondary N) is 1. The smallest absolute Gasteiger partial charge is 0.430 e. The molecule has 0 spiro atoms. The van der Waals surface area contributed by atoms with Crippen LogP contribution in [-0.2, 0) is 15.1 Å². The predicted molar refractivity (Wildman–Crippen MR) is 100 cm³/mol. The lowest BCUT2D eigenvalue weighted by Crippen LogP contribution is -2.57. The molecule has 0 aliphatic rings. The van der Waals surface area contributed by atoms with Gasteiger partial charge in [0.15, 0.2) is 0 Å². The van der Waals surface area contributed by atoms with E-state index < -0.39 is 23.7 Å². The minimum Gasteiger partial charge on any atom is -0.491 e. The first-order valence-corrected chi connectivity index (χ1v) is 8.81. The monoisotopic (exact) mass is 395 g/mol. The molecule has 1 N–H and O–H groups in total. The molecule has 152 valence electrons. The van der Waals surface area contributed by atoms with Crippen molar-refractivity contribution in [2.75, 3.05) is 13.7 Å². The van der Waals surface area contributed by atoms with E-state index in [-0.39, 0.29) is 12.2 Å². The zero-order valence-corrected chi connectivity index (χ0v) is 16.3. The zero-order valence-electron chi connectivity index (χ0n) is 16.3. The molecule has 0 saturated carbocycles. The average molecular weight is 395 g/mol. The minimum atomic E-state index is -4.94. The number of ether oxygens (including phenoxy) is 2. The van der Waals surface area contributed by atoms with Crippen LogP contribution in [0, 0.1) is 13.8 Å². The number of hydrogen-bond acceptors (Lipinski definition) is 3. The molecule has 0 heterocycles. The number of aryl methyl sites for hydroxylation is 2. The van der Waals surface area contributed by atoms with Crippen molar-refractivity contribution in [1.29, 1.82) is 0 Å². The first-order valence-electron chi connectivity index (χ1n) is 8.81. The maximum absolute atomic E-state index is 13.9. The van der Waals surface area contributed by atoms with Crippen LogP contribution >= 0.6 is 0 Å². The second-order valence-corrected chi connectivity index (χ2v) is 6.66. The van der Waals surface area contributed by atoms with Gasteiger partial charge in [0, 0.05) is 12.7 Å². The molecular formula is C21H24F3NO3. The summed E-state index contributed by atoms with van der Waals surface area (Å²) in [4.78, 5) is 12.7. The van der Waals surface area contributed by atoms with Crippen LogP contribution in [0.25, 0.3) is 0 Å². The number of methoxy groups -OCH3 is 1. The van der Waals surface area contributed by atoms with Gasteiger partial charge in [0.05, 0.1) is 6.04 Å². The molecule has 28 heavy (non-hydrogen) atoms. The van der Waals surface area contributed by atoms with Crippen LogP contribution in [-0.4, -0.2) is 31.8 Å². The molecule has 0 fully saturated rings. The molecule has 4 nitrogen and oxygen atoms in total. The summed E-state index contributed by atoms with van der Waals surface area (Å²) in [7, 11) is 0.873. The Morgan fingerprint density at radius 3 is 2.11 bits per heavy atom. The van der Waals surface area contributed by atoms with Gasteiger partial charge < -0.3 is 14.8 Å². The number of para-hydroxylation sites is 1. The van der Waals surface area contributed by atoms with Crippen LogP contribution in [0.5, 0.6) is 5.75 Å². The van der Waals surface area contributed by atoms with Gasteiger partial charge in [-0.25, -0.2) is 0 Å². The lowest BCUT2D eigenvalue weighted by molar-refractivity contribution is -0.266. The zero-order chi connectivity index (χ0) is 20.9. The van der Waals surface area contributed by atoms with Crippen LogP contribution in [0.2, 0.25) is 0 Å². The molecule has 0 aromatic heterocycles. The van der Waals surface area contributed by atoms with Crippen LogP contribution in [0.4, 0.5) is 13.2 Å². The molecule has 1 amide bonds. The Hall–Kier alpha value is -2.54. The molecule has 2 rings (SSSR count). The van der Waals surface area contributed by atoms with Gasteiger partial charge in [0.25, 0.3) is 11.5 Å². The fourth-order valence-electron chi connectivity index (χ4n) is 3.02. The standard InChI is InChI=1S/C21H24F3NO3/c1-14-9-8-10-15(2)18(14)28-13-16(3)25-19(26)20(27-4,21(22,23)24)17-11-6-5-7-12-17/h5-12,16H,13H2,1-4H3,(H,25,26)/t16-,20+/m0/s1.